The Labute approximate surface area is 130 Å². The average molecular weight is 302 g/mol. The van der Waals surface area contributed by atoms with Crippen molar-refractivity contribution in [1.29, 1.82) is 0 Å². The molecule has 22 heavy (non-hydrogen) atoms. The van der Waals surface area contributed by atoms with E-state index in [9.17, 15) is 5.11 Å². The molecule has 1 aromatic carbocycles. The molecule has 0 saturated carbocycles. The number of aromatic nitrogens is 2. The number of piperazine rings is 1. The summed E-state index contributed by atoms with van der Waals surface area (Å²) in [5, 5.41) is 14.0. The molecule has 0 radical (unpaired) electrons. The zero-order chi connectivity index (χ0) is 15.7. The van der Waals surface area contributed by atoms with E-state index in [1.807, 2.05) is 26.0 Å². The van der Waals surface area contributed by atoms with Gasteiger partial charge in [-0.25, -0.2) is 0 Å². The highest BCUT2D eigenvalue weighted by Crippen LogP contribution is 2.27. The number of nitrogens with zero attached hydrogens (tertiary/aromatic N) is 4. The fourth-order valence-corrected chi connectivity index (χ4v) is 2.91. The lowest BCUT2D eigenvalue weighted by Crippen LogP contribution is -2.46. The fraction of sp³-hybridized carbons (Fsp3) is 0.500. The van der Waals surface area contributed by atoms with Crippen molar-refractivity contribution in [2.24, 2.45) is 0 Å². The molecule has 1 fully saturated rings. The first-order chi connectivity index (χ1) is 10.5. The zero-order valence-electron chi connectivity index (χ0n) is 13.3. The predicted molar refractivity (Wildman–Crippen MR) is 82.5 cm³/mol. The van der Waals surface area contributed by atoms with Crippen LogP contribution >= 0.6 is 0 Å². The molecule has 1 saturated heterocycles. The first-order valence-electron chi connectivity index (χ1n) is 7.55. The summed E-state index contributed by atoms with van der Waals surface area (Å²) in [5.74, 6) is 1.69. The Hall–Kier alpha value is -1.92. The van der Waals surface area contributed by atoms with E-state index in [1.54, 1.807) is 6.07 Å². The first-order valence-corrected chi connectivity index (χ1v) is 7.55. The number of benzene rings is 1. The topological polar surface area (TPSA) is 65.6 Å². The third kappa shape index (κ3) is 2.98. The minimum atomic E-state index is 0.0983. The third-order valence-corrected chi connectivity index (χ3v) is 4.33. The van der Waals surface area contributed by atoms with E-state index in [4.69, 9.17) is 4.52 Å². The van der Waals surface area contributed by atoms with Crippen molar-refractivity contribution in [2.45, 2.75) is 26.4 Å². The summed E-state index contributed by atoms with van der Waals surface area (Å²) in [6.07, 6.45) is 0. The Morgan fingerprint density at radius 2 is 2.14 bits per heavy atom. The average Bonchev–Trinajstić information content (AvgIpc) is 2.91. The Morgan fingerprint density at radius 1 is 1.32 bits per heavy atom. The molecule has 6 heteroatoms. The summed E-state index contributed by atoms with van der Waals surface area (Å²) >= 11 is 0. The largest absolute Gasteiger partial charge is 0.508 e. The molecule has 6 nitrogen and oxygen atoms in total. The van der Waals surface area contributed by atoms with Gasteiger partial charge in [-0.1, -0.05) is 17.3 Å². The van der Waals surface area contributed by atoms with Crippen LogP contribution in [0, 0.1) is 13.8 Å². The van der Waals surface area contributed by atoms with Gasteiger partial charge < -0.3 is 9.63 Å². The quantitative estimate of drug-likeness (QED) is 0.934. The maximum atomic E-state index is 10.1. The van der Waals surface area contributed by atoms with Crippen LogP contribution in [0.5, 0.6) is 5.75 Å². The van der Waals surface area contributed by atoms with E-state index in [0.717, 1.165) is 37.3 Å². The Kier molecular flexibility index (Phi) is 4.13. The van der Waals surface area contributed by atoms with Gasteiger partial charge >= 0.3 is 0 Å². The summed E-state index contributed by atoms with van der Waals surface area (Å²) in [6.45, 7) is 7.29. The predicted octanol–water partition coefficient (Wildman–Crippen LogP) is 1.88. The number of aryl methyl sites for hydroxylation is 2. The van der Waals surface area contributed by atoms with Crippen LogP contribution in [0.4, 0.5) is 0 Å². The van der Waals surface area contributed by atoms with Crippen molar-refractivity contribution in [1.82, 2.24) is 19.9 Å². The van der Waals surface area contributed by atoms with E-state index in [0.29, 0.717) is 17.5 Å². The molecule has 0 bridgehead atoms. The molecule has 1 N–H and O–H groups in total. The number of hydrogen-bond donors (Lipinski definition) is 1. The van der Waals surface area contributed by atoms with Crippen LogP contribution in [0.3, 0.4) is 0 Å². The smallest absolute Gasteiger partial charge is 0.245 e. The van der Waals surface area contributed by atoms with Crippen molar-refractivity contribution < 1.29 is 9.63 Å². The number of aromatic hydroxyl groups is 1. The molecule has 0 amide bonds. The molecule has 0 spiro atoms. The van der Waals surface area contributed by atoms with Crippen LogP contribution in [0.25, 0.3) is 0 Å². The summed E-state index contributed by atoms with van der Waals surface area (Å²) in [7, 11) is 2.08. The molecular formula is C16H22N4O2. The molecule has 1 aliphatic heterocycles. The second kappa shape index (κ2) is 6.06. The number of hydrogen-bond acceptors (Lipinski definition) is 6. The molecule has 0 unspecified atom stereocenters. The minimum absolute atomic E-state index is 0.0983. The number of likely N-dealkylation sites (N-methyl/N-ethyl adjacent to an activating group) is 1. The molecular weight excluding hydrogens is 280 g/mol. The number of phenols is 1. The lowest BCUT2D eigenvalue weighted by Gasteiger charge is -2.37. The highest BCUT2D eigenvalue weighted by Gasteiger charge is 2.30. The van der Waals surface area contributed by atoms with Crippen molar-refractivity contribution in [3.8, 4) is 5.75 Å². The maximum Gasteiger partial charge on any atom is 0.245 e. The van der Waals surface area contributed by atoms with Crippen molar-refractivity contribution in [3.05, 3.63) is 41.0 Å². The van der Waals surface area contributed by atoms with Crippen molar-refractivity contribution in [3.63, 3.8) is 0 Å². The van der Waals surface area contributed by atoms with Gasteiger partial charge in [-0.2, -0.15) is 4.98 Å². The van der Waals surface area contributed by atoms with Crippen LogP contribution in [-0.4, -0.2) is 51.7 Å². The van der Waals surface area contributed by atoms with Crippen LogP contribution in [-0.2, 0) is 6.54 Å². The molecule has 1 aliphatic rings. The van der Waals surface area contributed by atoms with Gasteiger partial charge in [0, 0.05) is 31.7 Å². The minimum Gasteiger partial charge on any atom is -0.508 e. The summed E-state index contributed by atoms with van der Waals surface area (Å²) in [5.41, 5.74) is 2.11. The monoisotopic (exact) mass is 302 g/mol. The molecule has 0 aliphatic carbocycles. The van der Waals surface area contributed by atoms with E-state index in [-0.39, 0.29) is 6.04 Å². The molecule has 2 aromatic rings. The van der Waals surface area contributed by atoms with Gasteiger partial charge in [-0.3, -0.25) is 9.80 Å². The number of rotatable bonds is 3. The van der Waals surface area contributed by atoms with E-state index in [2.05, 4.69) is 27.0 Å². The molecule has 2 heterocycles. The van der Waals surface area contributed by atoms with Gasteiger partial charge in [-0.15, -0.1) is 0 Å². The van der Waals surface area contributed by atoms with Gasteiger partial charge in [0.15, 0.2) is 5.82 Å². The first kappa shape index (κ1) is 15.0. The maximum absolute atomic E-state index is 10.1. The molecule has 118 valence electrons. The van der Waals surface area contributed by atoms with Crippen molar-refractivity contribution in [2.75, 3.05) is 26.7 Å². The van der Waals surface area contributed by atoms with Crippen LogP contribution in [0.2, 0.25) is 0 Å². The van der Waals surface area contributed by atoms with Crippen LogP contribution < -0.4 is 0 Å². The van der Waals surface area contributed by atoms with Crippen LogP contribution in [0.1, 0.15) is 28.9 Å². The Balaban J connectivity index is 1.76. The third-order valence-electron chi connectivity index (χ3n) is 4.33. The van der Waals surface area contributed by atoms with Gasteiger partial charge in [0.05, 0.1) is 0 Å². The highest BCUT2D eigenvalue weighted by atomic mass is 16.5. The van der Waals surface area contributed by atoms with Crippen molar-refractivity contribution >= 4 is 0 Å². The van der Waals surface area contributed by atoms with E-state index >= 15 is 0 Å². The van der Waals surface area contributed by atoms with Gasteiger partial charge in [0.25, 0.3) is 0 Å². The SMILES string of the molecule is Cc1noc([C@H]2CN(Cc3c(C)cccc3O)CCN2C)n1. The van der Waals surface area contributed by atoms with Gasteiger partial charge in [-0.05, 0) is 32.5 Å². The summed E-state index contributed by atoms with van der Waals surface area (Å²) in [4.78, 5) is 8.93. The van der Waals surface area contributed by atoms with E-state index < -0.39 is 0 Å². The van der Waals surface area contributed by atoms with Gasteiger partial charge in [0.1, 0.15) is 11.8 Å². The summed E-state index contributed by atoms with van der Waals surface area (Å²) < 4.78 is 5.34. The molecule has 1 atom stereocenters. The lowest BCUT2D eigenvalue weighted by molar-refractivity contribution is 0.0709. The molecule has 3 rings (SSSR count). The zero-order valence-corrected chi connectivity index (χ0v) is 13.3. The standard InChI is InChI=1S/C16H22N4O2/c1-11-5-4-6-15(21)13(11)9-20-8-7-19(3)14(10-20)16-17-12(2)18-22-16/h4-6,14,21H,7-10H2,1-3H3/t14-/m1/s1. The van der Waals surface area contributed by atoms with E-state index in [1.165, 1.54) is 0 Å². The Bertz CT molecular complexity index is 635. The van der Waals surface area contributed by atoms with Gasteiger partial charge in [0.2, 0.25) is 5.89 Å². The lowest BCUT2D eigenvalue weighted by atomic mass is 10.1. The summed E-state index contributed by atoms with van der Waals surface area (Å²) in [6, 6.07) is 5.75. The molecule has 1 aromatic heterocycles. The second-order valence-electron chi connectivity index (χ2n) is 5.98. The van der Waals surface area contributed by atoms with Crippen LogP contribution in [0.15, 0.2) is 22.7 Å². The normalized spacial score (nSPS) is 20.4. The Morgan fingerprint density at radius 3 is 2.82 bits per heavy atom. The highest BCUT2D eigenvalue weighted by molar-refractivity contribution is 5.38. The second-order valence-corrected chi connectivity index (χ2v) is 5.98. The fourth-order valence-electron chi connectivity index (χ4n) is 2.91. The number of phenolic OH excluding ortho intramolecular Hbond substituents is 1.